The number of piperidine rings is 1. The molecule has 19 heavy (non-hydrogen) atoms. The van der Waals surface area contributed by atoms with Crippen molar-refractivity contribution in [2.45, 2.75) is 44.9 Å². The van der Waals surface area contributed by atoms with Crippen molar-refractivity contribution in [2.75, 3.05) is 39.3 Å². The fourth-order valence-electron chi connectivity index (χ4n) is 2.89. The molecule has 112 valence electrons. The number of nitrogens with one attached hydrogen (secondary N) is 1. The van der Waals surface area contributed by atoms with E-state index in [1.165, 1.54) is 19.3 Å². The summed E-state index contributed by atoms with van der Waals surface area (Å²) in [6, 6.07) is 0. The molecule has 0 spiro atoms. The van der Waals surface area contributed by atoms with Crippen LogP contribution < -0.4 is 4.72 Å². The second-order valence-electron chi connectivity index (χ2n) is 5.61. The molecule has 0 aromatic heterocycles. The van der Waals surface area contributed by atoms with Crippen LogP contribution in [0.1, 0.15) is 44.9 Å². The Labute approximate surface area is 117 Å². The van der Waals surface area contributed by atoms with Crippen molar-refractivity contribution in [2.24, 2.45) is 0 Å². The minimum absolute atomic E-state index is 0.541. The fourth-order valence-corrected chi connectivity index (χ4v) is 4.16. The van der Waals surface area contributed by atoms with Gasteiger partial charge in [-0.05, 0) is 38.8 Å². The Hall–Kier alpha value is -0.170. The van der Waals surface area contributed by atoms with Gasteiger partial charge >= 0.3 is 0 Å². The van der Waals surface area contributed by atoms with E-state index in [0.717, 1.165) is 45.3 Å². The smallest absolute Gasteiger partial charge is 0.279 e. The molecule has 0 unspecified atom stereocenters. The maximum atomic E-state index is 12.2. The molecule has 1 N–H and O–H groups in total. The zero-order chi connectivity index (χ0) is 13.6. The third-order valence-electron chi connectivity index (χ3n) is 4.07. The lowest BCUT2D eigenvalue weighted by Gasteiger charge is -2.27. The zero-order valence-corrected chi connectivity index (χ0v) is 12.6. The number of rotatable bonds is 5. The van der Waals surface area contributed by atoms with Gasteiger partial charge in [0.1, 0.15) is 0 Å². The van der Waals surface area contributed by atoms with Crippen LogP contribution in [-0.4, -0.2) is 56.9 Å². The van der Waals surface area contributed by atoms with Gasteiger partial charge in [-0.1, -0.05) is 19.3 Å². The Morgan fingerprint density at radius 2 is 1.32 bits per heavy atom. The van der Waals surface area contributed by atoms with Crippen LogP contribution in [0.25, 0.3) is 0 Å². The molecule has 2 fully saturated rings. The van der Waals surface area contributed by atoms with Gasteiger partial charge in [-0.25, -0.2) is 4.72 Å². The molecular weight excluding hydrogens is 262 g/mol. The molecule has 0 saturated carbocycles. The standard InChI is InChI=1S/C13H27N3O2S/c17-19(18,16-11-6-1-2-7-12-16)14-8-13-15-9-4-3-5-10-15/h14H,1-13H2. The van der Waals surface area contributed by atoms with Gasteiger partial charge in [-0.3, -0.25) is 0 Å². The van der Waals surface area contributed by atoms with Crippen LogP contribution in [0, 0.1) is 0 Å². The predicted molar refractivity (Wildman–Crippen MR) is 77.3 cm³/mol. The van der Waals surface area contributed by atoms with Gasteiger partial charge in [0.15, 0.2) is 0 Å². The van der Waals surface area contributed by atoms with Crippen molar-refractivity contribution >= 4 is 10.2 Å². The van der Waals surface area contributed by atoms with E-state index in [9.17, 15) is 8.42 Å². The van der Waals surface area contributed by atoms with Gasteiger partial charge in [0, 0.05) is 26.2 Å². The molecule has 5 nitrogen and oxygen atoms in total. The zero-order valence-electron chi connectivity index (χ0n) is 11.8. The highest BCUT2D eigenvalue weighted by molar-refractivity contribution is 7.87. The first-order valence-electron chi connectivity index (χ1n) is 7.65. The maximum Gasteiger partial charge on any atom is 0.279 e. The maximum absolute atomic E-state index is 12.2. The predicted octanol–water partition coefficient (Wildman–Crippen LogP) is 1.18. The van der Waals surface area contributed by atoms with Crippen LogP contribution in [0.15, 0.2) is 0 Å². The lowest BCUT2D eigenvalue weighted by Crippen LogP contribution is -2.44. The molecule has 2 rings (SSSR count). The third kappa shape index (κ3) is 5.02. The Bertz CT molecular complexity index is 345. The molecule has 0 radical (unpaired) electrons. The molecule has 2 heterocycles. The quantitative estimate of drug-likeness (QED) is 0.827. The monoisotopic (exact) mass is 289 g/mol. The summed E-state index contributed by atoms with van der Waals surface area (Å²) in [5.41, 5.74) is 0. The van der Waals surface area contributed by atoms with E-state index in [2.05, 4.69) is 9.62 Å². The van der Waals surface area contributed by atoms with Gasteiger partial charge in [0.25, 0.3) is 10.2 Å². The van der Waals surface area contributed by atoms with E-state index in [-0.39, 0.29) is 0 Å². The van der Waals surface area contributed by atoms with Gasteiger partial charge in [-0.2, -0.15) is 12.7 Å². The van der Waals surface area contributed by atoms with Crippen molar-refractivity contribution in [1.29, 1.82) is 0 Å². The van der Waals surface area contributed by atoms with Crippen molar-refractivity contribution in [3.8, 4) is 0 Å². The average molecular weight is 289 g/mol. The van der Waals surface area contributed by atoms with Crippen LogP contribution in [0.5, 0.6) is 0 Å². The molecule has 6 heteroatoms. The third-order valence-corrected chi connectivity index (χ3v) is 5.68. The molecule has 0 aromatic carbocycles. The van der Waals surface area contributed by atoms with E-state index < -0.39 is 10.2 Å². The molecule has 0 aliphatic carbocycles. The summed E-state index contributed by atoms with van der Waals surface area (Å²) < 4.78 is 28.7. The first-order chi connectivity index (χ1) is 9.18. The largest absolute Gasteiger partial charge is 0.302 e. The van der Waals surface area contributed by atoms with Gasteiger partial charge in [-0.15, -0.1) is 0 Å². The Morgan fingerprint density at radius 3 is 1.95 bits per heavy atom. The van der Waals surface area contributed by atoms with Gasteiger partial charge in [0.05, 0.1) is 0 Å². The van der Waals surface area contributed by atoms with Crippen molar-refractivity contribution in [3.63, 3.8) is 0 Å². The molecule has 0 atom stereocenters. The Balaban J connectivity index is 1.73. The van der Waals surface area contributed by atoms with Crippen molar-refractivity contribution in [1.82, 2.24) is 13.9 Å². The van der Waals surface area contributed by atoms with Crippen LogP contribution >= 0.6 is 0 Å². The lowest BCUT2D eigenvalue weighted by molar-refractivity contribution is 0.232. The summed E-state index contributed by atoms with van der Waals surface area (Å²) in [5, 5.41) is 0. The normalized spacial score (nSPS) is 24.2. The first kappa shape index (κ1) is 15.2. The topological polar surface area (TPSA) is 52.7 Å². The highest BCUT2D eigenvalue weighted by atomic mass is 32.2. The summed E-state index contributed by atoms with van der Waals surface area (Å²) in [6.07, 6.45) is 8.10. The lowest BCUT2D eigenvalue weighted by atomic mass is 10.1. The molecule has 0 bridgehead atoms. The highest BCUT2D eigenvalue weighted by Gasteiger charge is 2.22. The second-order valence-corrected chi connectivity index (χ2v) is 7.37. The summed E-state index contributed by atoms with van der Waals surface area (Å²) >= 11 is 0. The summed E-state index contributed by atoms with van der Waals surface area (Å²) in [7, 11) is -3.25. The fraction of sp³-hybridized carbons (Fsp3) is 1.00. The van der Waals surface area contributed by atoms with Crippen molar-refractivity contribution < 1.29 is 8.42 Å². The molecular formula is C13H27N3O2S. The minimum Gasteiger partial charge on any atom is -0.302 e. The Morgan fingerprint density at radius 1 is 0.789 bits per heavy atom. The summed E-state index contributed by atoms with van der Waals surface area (Å²) in [4.78, 5) is 2.36. The first-order valence-corrected chi connectivity index (χ1v) is 9.09. The van der Waals surface area contributed by atoms with E-state index >= 15 is 0 Å². The highest BCUT2D eigenvalue weighted by Crippen LogP contribution is 2.12. The minimum atomic E-state index is -3.25. The van der Waals surface area contributed by atoms with Crippen LogP contribution in [0.2, 0.25) is 0 Å². The Kier molecular flexibility index (Phi) is 6.06. The van der Waals surface area contributed by atoms with Crippen LogP contribution in [0.4, 0.5) is 0 Å². The molecule has 0 amide bonds. The van der Waals surface area contributed by atoms with E-state index in [0.29, 0.717) is 19.6 Å². The van der Waals surface area contributed by atoms with Crippen LogP contribution in [-0.2, 0) is 10.2 Å². The molecule has 2 aliphatic rings. The molecule has 2 saturated heterocycles. The van der Waals surface area contributed by atoms with E-state index in [1.54, 1.807) is 4.31 Å². The van der Waals surface area contributed by atoms with Gasteiger partial charge in [0.2, 0.25) is 0 Å². The number of likely N-dealkylation sites (tertiary alicyclic amines) is 1. The van der Waals surface area contributed by atoms with Crippen LogP contribution in [0.3, 0.4) is 0 Å². The van der Waals surface area contributed by atoms with E-state index in [4.69, 9.17) is 0 Å². The molecule has 0 aromatic rings. The SMILES string of the molecule is O=S(=O)(NCCN1CCCCC1)N1CCCCCC1. The molecule has 2 aliphatic heterocycles. The van der Waals surface area contributed by atoms with Gasteiger partial charge < -0.3 is 4.90 Å². The van der Waals surface area contributed by atoms with Crippen molar-refractivity contribution in [3.05, 3.63) is 0 Å². The second kappa shape index (κ2) is 7.57. The summed E-state index contributed by atoms with van der Waals surface area (Å²) in [6.45, 7) is 4.97. The number of nitrogens with zero attached hydrogens (tertiary/aromatic N) is 2. The van der Waals surface area contributed by atoms with E-state index in [1.807, 2.05) is 0 Å². The average Bonchev–Trinajstić information content (AvgIpc) is 2.69. The summed E-state index contributed by atoms with van der Waals surface area (Å²) in [5.74, 6) is 0. The number of hydrogen-bond acceptors (Lipinski definition) is 3. The number of hydrogen-bond donors (Lipinski definition) is 1.